The second-order valence-electron chi connectivity index (χ2n) is 4.95. The van der Waals surface area contributed by atoms with Gasteiger partial charge in [-0.25, -0.2) is 0 Å². The molecule has 19 heavy (non-hydrogen) atoms. The molecule has 1 aromatic carbocycles. The lowest BCUT2D eigenvalue weighted by Gasteiger charge is -2.39. The number of aromatic hydroxyl groups is 1. The van der Waals surface area contributed by atoms with Crippen LogP contribution in [0.2, 0.25) is 0 Å². The molecule has 0 radical (unpaired) electrons. The summed E-state index contributed by atoms with van der Waals surface area (Å²) < 4.78 is 0. The highest BCUT2D eigenvalue weighted by atomic mass is 16.3. The number of nitrogens with two attached hydrogens (primary N) is 1. The SMILES string of the molecule is NCC(c1cccc(O)c1)N1CCN(CCO)CC1. The normalized spacial score (nSPS) is 19.5. The molecule has 0 saturated carbocycles. The van der Waals surface area contributed by atoms with Crippen molar-refractivity contribution in [3.8, 4) is 5.75 Å². The fourth-order valence-electron chi connectivity index (χ4n) is 2.67. The van der Waals surface area contributed by atoms with Gasteiger partial charge in [-0.05, 0) is 17.7 Å². The van der Waals surface area contributed by atoms with E-state index in [1.54, 1.807) is 12.1 Å². The maximum absolute atomic E-state index is 9.57. The van der Waals surface area contributed by atoms with Gasteiger partial charge in [0.2, 0.25) is 0 Å². The second-order valence-corrected chi connectivity index (χ2v) is 4.95. The molecule has 106 valence electrons. The predicted molar refractivity (Wildman–Crippen MR) is 75.0 cm³/mol. The lowest BCUT2D eigenvalue weighted by molar-refractivity contribution is 0.0856. The first-order valence-corrected chi connectivity index (χ1v) is 6.81. The van der Waals surface area contributed by atoms with E-state index in [4.69, 9.17) is 10.8 Å². The van der Waals surface area contributed by atoms with Crippen molar-refractivity contribution >= 4 is 0 Å². The minimum Gasteiger partial charge on any atom is -0.508 e. The maximum Gasteiger partial charge on any atom is 0.115 e. The third kappa shape index (κ3) is 3.67. The zero-order chi connectivity index (χ0) is 13.7. The van der Waals surface area contributed by atoms with Gasteiger partial charge in [0.25, 0.3) is 0 Å². The third-order valence-electron chi connectivity index (χ3n) is 3.74. The molecule has 5 nitrogen and oxygen atoms in total. The topological polar surface area (TPSA) is 73.0 Å². The van der Waals surface area contributed by atoms with Crippen LogP contribution in [0.4, 0.5) is 0 Å². The van der Waals surface area contributed by atoms with Gasteiger partial charge in [0.1, 0.15) is 5.75 Å². The second kappa shape index (κ2) is 6.86. The highest BCUT2D eigenvalue weighted by molar-refractivity contribution is 5.29. The van der Waals surface area contributed by atoms with Gasteiger partial charge in [-0.1, -0.05) is 12.1 Å². The molecule has 2 rings (SSSR count). The summed E-state index contributed by atoms with van der Waals surface area (Å²) in [7, 11) is 0. The van der Waals surface area contributed by atoms with Gasteiger partial charge in [0, 0.05) is 45.3 Å². The highest BCUT2D eigenvalue weighted by Gasteiger charge is 2.23. The molecule has 0 spiro atoms. The molecule has 1 aliphatic heterocycles. The molecule has 1 unspecified atom stereocenters. The molecule has 1 aromatic rings. The Morgan fingerprint density at radius 1 is 1.21 bits per heavy atom. The molecule has 0 aliphatic carbocycles. The van der Waals surface area contributed by atoms with Crippen LogP contribution in [0.5, 0.6) is 5.75 Å². The molecule has 1 atom stereocenters. The zero-order valence-electron chi connectivity index (χ0n) is 11.2. The molecule has 5 heteroatoms. The summed E-state index contributed by atoms with van der Waals surface area (Å²) in [6.45, 7) is 5.30. The first kappa shape index (κ1) is 14.3. The molecular weight excluding hydrogens is 242 g/mol. The summed E-state index contributed by atoms with van der Waals surface area (Å²) in [5.41, 5.74) is 6.97. The number of phenols is 1. The van der Waals surface area contributed by atoms with Crippen LogP contribution in [0.25, 0.3) is 0 Å². The summed E-state index contributed by atoms with van der Waals surface area (Å²) in [6.07, 6.45) is 0. The minimum atomic E-state index is 0.156. The number of piperazine rings is 1. The fraction of sp³-hybridized carbons (Fsp3) is 0.571. The van der Waals surface area contributed by atoms with Crippen molar-refractivity contribution in [1.29, 1.82) is 0 Å². The molecule has 1 saturated heterocycles. The quantitative estimate of drug-likeness (QED) is 0.699. The summed E-state index contributed by atoms with van der Waals surface area (Å²) in [5, 5.41) is 18.5. The van der Waals surface area contributed by atoms with E-state index in [9.17, 15) is 5.11 Å². The molecule has 4 N–H and O–H groups in total. The van der Waals surface area contributed by atoms with Crippen LogP contribution in [-0.4, -0.2) is 65.9 Å². The lowest BCUT2D eigenvalue weighted by atomic mass is 10.0. The number of β-amino-alcohol motifs (C(OH)–C–C–N with tert-alkyl or cyclic N) is 1. The van der Waals surface area contributed by atoms with Gasteiger partial charge < -0.3 is 15.9 Å². The monoisotopic (exact) mass is 265 g/mol. The van der Waals surface area contributed by atoms with Gasteiger partial charge in [0.15, 0.2) is 0 Å². The van der Waals surface area contributed by atoms with Crippen molar-refractivity contribution in [2.75, 3.05) is 45.9 Å². The lowest BCUT2D eigenvalue weighted by Crippen LogP contribution is -2.49. The number of hydrogen-bond donors (Lipinski definition) is 3. The van der Waals surface area contributed by atoms with Crippen LogP contribution in [-0.2, 0) is 0 Å². The smallest absolute Gasteiger partial charge is 0.115 e. The summed E-state index contributed by atoms with van der Waals surface area (Å²) >= 11 is 0. The Kier molecular flexibility index (Phi) is 5.15. The van der Waals surface area contributed by atoms with E-state index < -0.39 is 0 Å². The molecular formula is C14H23N3O2. The number of nitrogens with zero attached hydrogens (tertiary/aromatic N) is 2. The van der Waals surface area contributed by atoms with Crippen LogP contribution >= 0.6 is 0 Å². The van der Waals surface area contributed by atoms with Gasteiger partial charge in [-0.15, -0.1) is 0 Å². The van der Waals surface area contributed by atoms with E-state index in [0.29, 0.717) is 6.54 Å². The average Bonchev–Trinajstić information content (AvgIpc) is 2.42. The van der Waals surface area contributed by atoms with Crippen LogP contribution in [0.3, 0.4) is 0 Å². The molecule has 1 fully saturated rings. The van der Waals surface area contributed by atoms with Gasteiger partial charge in [0.05, 0.1) is 6.61 Å². The first-order chi connectivity index (χ1) is 9.24. The van der Waals surface area contributed by atoms with Crippen molar-refractivity contribution in [3.63, 3.8) is 0 Å². The van der Waals surface area contributed by atoms with Crippen LogP contribution < -0.4 is 5.73 Å². The van der Waals surface area contributed by atoms with Gasteiger partial charge >= 0.3 is 0 Å². The largest absolute Gasteiger partial charge is 0.508 e. The number of aliphatic hydroxyl groups is 1. The number of benzene rings is 1. The van der Waals surface area contributed by atoms with Gasteiger partial charge in [-0.3, -0.25) is 9.80 Å². The standard InChI is InChI=1S/C14H23N3O2/c15-11-14(12-2-1-3-13(19)10-12)17-6-4-16(5-7-17)8-9-18/h1-3,10,14,18-19H,4-9,11,15H2. The number of phenolic OH excluding ortho intramolecular Hbond substituents is 1. The fourth-order valence-corrected chi connectivity index (χ4v) is 2.67. The Morgan fingerprint density at radius 2 is 1.95 bits per heavy atom. The summed E-state index contributed by atoms with van der Waals surface area (Å²) in [4.78, 5) is 4.61. The molecule has 1 aliphatic rings. The number of rotatable bonds is 5. The van der Waals surface area contributed by atoms with Crippen LogP contribution in [0.1, 0.15) is 11.6 Å². The maximum atomic E-state index is 9.57. The average molecular weight is 265 g/mol. The zero-order valence-corrected chi connectivity index (χ0v) is 11.2. The number of hydrogen-bond acceptors (Lipinski definition) is 5. The van der Waals surface area contributed by atoms with E-state index in [1.165, 1.54) is 0 Å². The summed E-state index contributed by atoms with van der Waals surface area (Å²) in [6, 6.07) is 7.49. The molecule has 0 bridgehead atoms. The van der Waals surface area contributed by atoms with Crippen molar-refractivity contribution in [2.45, 2.75) is 6.04 Å². The highest BCUT2D eigenvalue weighted by Crippen LogP contribution is 2.24. The third-order valence-corrected chi connectivity index (χ3v) is 3.74. The molecule has 1 heterocycles. The summed E-state index contributed by atoms with van der Waals surface area (Å²) in [5.74, 6) is 0.287. The Bertz CT molecular complexity index is 392. The Labute approximate surface area is 114 Å². The van der Waals surface area contributed by atoms with Crippen molar-refractivity contribution in [3.05, 3.63) is 29.8 Å². The Hall–Kier alpha value is -1.14. The molecule has 0 aromatic heterocycles. The van der Waals surface area contributed by atoms with E-state index in [0.717, 1.165) is 38.3 Å². The Morgan fingerprint density at radius 3 is 2.53 bits per heavy atom. The van der Waals surface area contributed by atoms with E-state index in [2.05, 4.69) is 9.80 Å². The van der Waals surface area contributed by atoms with Crippen molar-refractivity contribution in [1.82, 2.24) is 9.80 Å². The van der Waals surface area contributed by atoms with Gasteiger partial charge in [-0.2, -0.15) is 0 Å². The number of aliphatic hydroxyl groups excluding tert-OH is 1. The first-order valence-electron chi connectivity index (χ1n) is 6.81. The van der Waals surface area contributed by atoms with Crippen molar-refractivity contribution < 1.29 is 10.2 Å². The van der Waals surface area contributed by atoms with E-state index >= 15 is 0 Å². The van der Waals surface area contributed by atoms with Crippen molar-refractivity contribution in [2.24, 2.45) is 5.73 Å². The van der Waals surface area contributed by atoms with E-state index in [-0.39, 0.29) is 18.4 Å². The minimum absolute atomic E-state index is 0.156. The molecule has 0 amide bonds. The predicted octanol–water partition coefficient (Wildman–Crippen LogP) is 0.00190. The van der Waals surface area contributed by atoms with Crippen LogP contribution in [0.15, 0.2) is 24.3 Å². The van der Waals surface area contributed by atoms with Crippen LogP contribution in [0, 0.1) is 0 Å². The van der Waals surface area contributed by atoms with E-state index in [1.807, 2.05) is 12.1 Å². The Balaban J connectivity index is 1.99.